The molecule has 0 aromatic rings. The molecule has 0 bridgehead atoms. The molecule has 2 atom stereocenters. The molecule has 0 aromatic carbocycles. The van der Waals surface area contributed by atoms with Crippen molar-refractivity contribution in [2.24, 2.45) is 0 Å². The summed E-state index contributed by atoms with van der Waals surface area (Å²) in [5.41, 5.74) is 0. The molecule has 0 aliphatic heterocycles. The minimum absolute atomic E-state index is 0.0239. The van der Waals surface area contributed by atoms with Gasteiger partial charge in [0, 0.05) is 13.5 Å². The normalized spacial score (nSPS) is 37.0. The van der Waals surface area contributed by atoms with Gasteiger partial charge in [-0.05, 0) is 0 Å². The number of carbonyl (C=O) groups is 1. The summed E-state index contributed by atoms with van der Waals surface area (Å²) >= 11 is 5.49. The standard InChI is InChI=1S/C5H7ClO2/c1-8-4-2-3(7)5(4)6/h4-5H,2H2,1H3/t4-,5+/m1/s1. The first-order valence-corrected chi connectivity index (χ1v) is 2.89. The van der Waals surface area contributed by atoms with Gasteiger partial charge < -0.3 is 4.74 Å². The lowest BCUT2D eigenvalue weighted by Gasteiger charge is -2.28. The highest BCUT2D eigenvalue weighted by Crippen LogP contribution is 2.23. The number of hydrogen-bond donors (Lipinski definition) is 0. The molecule has 0 N–H and O–H groups in total. The van der Waals surface area contributed by atoms with Crippen molar-refractivity contribution in [3.8, 4) is 0 Å². The Bertz CT molecular complexity index is 113. The smallest absolute Gasteiger partial charge is 0.156 e. The van der Waals surface area contributed by atoms with E-state index in [1.54, 1.807) is 7.11 Å². The monoisotopic (exact) mass is 134 g/mol. The van der Waals surface area contributed by atoms with Crippen molar-refractivity contribution in [1.29, 1.82) is 0 Å². The second-order valence-corrected chi connectivity index (χ2v) is 2.32. The van der Waals surface area contributed by atoms with Crippen LogP contribution >= 0.6 is 11.6 Å². The van der Waals surface area contributed by atoms with E-state index < -0.39 is 0 Å². The van der Waals surface area contributed by atoms with Crippen LogP contribution in [-0.4, -0.2) is 24.4 Å². The van der Waals surface area contributed by atoms with Gasteiger partial charge >= 0.3 is 0 Å². The maximum atomic E-state index is 10.4. The lowest BCUT2D eigenvalue weighted by molar-refractivity contribution is -0.131. The van der Waals surface area contributed by atoms with Gasteiger partial charge in [-0.15, -0.1) is 11.6 Å². The molecule has 0 radical (unpaired) electrons. The van der Waals surface area contributed by atoms with Gasteiger partial charge in [0.15, 0.2) is 5.78 Å². The SMILES string of the molecule is CO[C@@H]1CC(=O)[C@@H]1Cl. The van der Waals surface area contributed by atoms with Gasteiger partial charge in [0.25, 0.3) is 0 Å². The minimum Gasteiger partial charge on any atom is -0.379 e. The number of hydrogen-bond acceptors (Lipinski definition) is 2. The average molecular weight is 135 g/mol. The molecule has 1 rings (SSSR count). The Balaban J connectivity index is 2.35. The van der Waals surface area contributed by atoms with E-state index in [0.29, 0.717) is 6.42 Å². The van der Waals surface area contributed by atoms with Gasteiger partial charge in [-0.2, -0.15) is 0 Å². The van der Waals surface area contributed by atoms with Crippen molar-refractivity contribution < 1.29 is 9.53 Å². The van der Waals surface area contributed by atoms with Crippen LogP contribution in [0, 0.1) is 0 Å². The van der Waals surface area contributed by atoms with Crippen molar-refractivity contribution in [2.45, 2.75) is 17.9 Å². The van der Waals surface area contributed by atoms with Crippen molar-refractivity contribution in [3.05, 3.63) is 0 Å². The Morgan fingerprint density at radius 2 is 2.50 bits per heavy atom. The van der Waals surface area contributed by atoms with Crippen molar-refractivity contribution in [1.82, 2.24) is 0 Å². The molecule has 0 amide bonds. The molecule has 1 saturated carbocycles. The number of carbonyl (C=O) groups excluding carboxylic acids is 1. The Morgan fingerprint density at radius 1 is 1.88 bits per heavy atom. The van der Waals surface area contributed by atoms with Crippen LogP contribution in [0.2, 0.25) is 0 Å². The summed E-state index contributed by atoms with van der Waals surface area (Å²) in [6.07, 6.45) is 0.467. The number of rotatable bonds is 1. The molecule has 1 aliphatic carbocycles. The van der Waals surface area contributed by atoms with Crippen molar-refractivity contribution in [2.75, 3.05) is 7.11 Å². The largest absolute Gasteiger partial charge is 0.379 e. The van der Waals surface area contributed by atoms with Gasteiger partial charge in [0.1, 0.15) is 5.38 Å². The predicted molar refractivity (Wildman–Crippen MR) is 30.1 cm³/mol. The summed E-state index contributed by atoms with van der Waals surface area (Å²) in [6, 6.07) is 0. The summed E-state index contributed by atoms with van der Waals surface area (Å²) in [5.74, 6) is 0.0958. The third-order valence-electron chi connectivity index (χ3n) is 1.34. The molecule has 0 spiro atoms. The molecule has 1 aliphatic rings. The van der Waals surface area contributed by atoms with Crippen LogP contribution in [0.15, 0.2) is 0 Å². The quantitative estimate of drug-likeness (QED) is 0.491. The van der Waals surface area contributed by atoms with Gasteiger partial charge in [-0.25, -0.2) is 0 Å². The van der Waals surface area contributed by atoms with Crippen LogP contribution in [0.4, 0.5) is 0 Å². The fourth-order valence-electron chi connectivity index (χ4n) is 0.664. The zero-order valence-corrected chi connectivity index (χ0v) is 5.31. The molecule has 46 valence electrons. The van der Waals surface area contributed by atoms with Gasteiger partial charge in [-0.3, -0.25) is 4.79 Å². The first-order valence-electron chi connectivity index (χ1n) is 2.45. The molecule has 8 heavy (non-hydrogen) atoms. The molecule has 0 unspecified atom stereocenters. The summed E-state index contributed by atoms with van der Waals surface area (Å²) in [6.45, 7) is 0. The number of alkyl halides is 1. The highest BCUT2D eigenvalue weighted by Gasteiger charge is 2.37. The average Bonchev–Trinajstić information content (AvgIpc) is 1.81. The second kappa shape index (κ2) is 2.03. The molecule has 0 saturated heterocycles. The Kier molecular flexibility index (Phi) is 1.54. The molecular weight excluding hydrogens is 128 g/mol. The number of ketones is 1. The minimum atomic E-state index is -0.375. The molecule has 3 heteroatoms. The maximum Gasteiger partial charge on any atom is 0.156 e. The first kappa shape index (κ1) is 6.05. The van der Waals surface area contributed by atoms with Crippen molar-refractivity contribution >= 4 is 17.4 Å². The highest BCUT2D eigenvalue weighted by atomic mass is 35.5. The van der Waals surface area contributed by atoms with Gasteiger partial charge in [0.2, 0.25) is 0 Å². The van der Waals surface area contributed by atoms with E-state index in [4.69, 9.17) is 16.3 Å². The molecule has 1 fully saturated rings. The van der Waals surface area contributed by atoms with E-state index >= 15 is 0 Å². The lowest BCUT2D eigenvalue weighted by Crippen LogP contribution is -2.44. The maximum absolute atomic E-state index is 10.4. The summed E-state index contributed by atoms with van der Waals surface area (Å²) in [7, 11) is 1.56. The summed E-state index contributed by atoms with van der Waals surface area (Å²) in [5, 5.41) is -0.375. The molecule has 0 heterocycles. The zero-order valence-electron chi connectivity index (χ0n) is 4.56. The topological polar surface area (TPSA) is 26.3 Å². The predicted octanol–water partition coefficient (Wildman–Crippen LogP) is 0.582. The van der Waals surface area contributed by atoms with Gasteiger partial charge in [-0.1, -0.05) is 0 Å². The Morgan fingerprint density at radius 3 is 2.62 bits per heavy atom. The highest BCUT2D eigenvalue weighted by molar-refractivity contribution is 6.34. The third kappa shape index (κ3) is 0.740. The van der Waals surface area contributed by atoms with Crippen molar-refractivity contribution in [3.63, 3.8) is 0 Å². The van der Waals surface area contributed by atoms with Crippen LogP contribution in [-0.2, 0) is 9.53 Å². The number of methoxy groups -OCH3 is 1. The Hall–Kier alpha value is -0.0800. The molecule has 2 nitrogen and oxygen atoms in total. The first-order chi connectivity index (χ1) is 3.75. The lowest BCUT2D eigenvalue weighted by atomic mass is 9.94. The van der Waals surface area contributed by atoms with Crippen LogP contribution in [0.1, 0.15) is 6.42 Å². The summed E-state index contributed by atoms with van der Waals surface area (Å²) < 4.78 is 4.82. The Labute approximate surface area is 52.8 Å². The van der Waals surface area contributed by atoms with Crippen LogP contribution in [0.5, 0.6) is 0 Å². The van der Waals surface area contributed by atoms with Gasteiger partial charge in [0.05, 0.1) is 6.10 Å². The van der Waals surface area contributed by atoms with E-state index in [0.717, 1.165) is 0 Å². The van der Waals surface area contributed by atoms with E-state index in [-0.39, 0.29) is 17.3 Å². The fourth-order valence-corrected chi connectivity index (χ4v) is 0.945. The third-order valence-corrected chi connectivity index (χ3v) is 1.86. The number of ether oxygens (including phenoxy) is 1. The number of Topliss-reactive ketones (excluding diaryl/α,β-unsaturated/α-hetero) is 1. The zero-order chi connectivity index (χ0) is 6.15. The summed E-state index contributed by atoms with van der Waals surface area (Å²) in [4.78, 5) is 10.4. The van der Waals surface area contributed by atoms with E-state index in [1.807, 2.05) is 0 Å². The van der Waals surface area contributed by atoms with Crippen LogP contribution in [0.25, 0.3) is 0 Å². The van der Waals surface area contributed by atoms with E-state index in [2.05, 4.69) is 0 Å². The van der Waals surface area contributed by atoms with Crippen LogP contribution in [0.3, 0.4) is 0 Å². The fraction of sp³-hybridized carbons (Fsp3) is 0.800. The second-order valence-electron chi connectivity index (χ2n) is 1.85. The van der Waals surface area contributed by atoms with Crippen LogP contribution < -0.4 is 0 Å². The molecular formula is C5H7ClO2. The molecule has 0 aromatic heterocycles. The number of halogens is 1. The van der Waals surface area contributed by atoms with E-state index in [1.165, 1.54) is 0 Å². The van der Waals surface area contributed by atoms with E-state index in [9.17, 15) is 4.79 Å².